The van der Waals surface area contributed by atoms with Crippen LogP contribution in [0.4, 0.5) is 0 Å². The van der Waals surface area contributed by atoms with Crippen molar-refractivity contribution in [1.29, 1.82) is 0 Å². The van der Waals surface area contributed by atoms with E-state index < -0.39 is 0 Å². The Morgan fingerprint density at radius 1 is 1.31 bits per heavy atom. The number of allylic oxidation sites excluding steroid dienone is 1. The average Bonchev–Trinajstić information content (AvgIpc) is 2.12. The molecule has 0 aromatic heterocycles. The second kappa shape index (κ2) is 9.00. The highest BCUT2D eigenvalue weighted by atomic mass is 127. The molecule has 13 heavy (non-hydrogen) atoms. The highest BCUT2D eigenvalue weighted by Crippen LogP contribution is 2.17. The van der Waals surface area contributed by atoms with Crippen molar-refractivity contribution in [3.05, 3.63) is 9.66 Å². The van der Waals surface area contributed by atoms with Gasteiger partial charge in [0.05, 0.1) is 6.10 Å². The minimum Gasteiger partial charge on any atom is -0.388 e. The van der Waals surface area contributed by atoms with Crippen molar-refractivity contribution in [2.24, 2.45) is 0 Å². The molecule has 78 valence electrons. The van der Waals surface area contributed by atoms with E-state index in [2.05, 4.69) is 42.5 Å². The van der Waals surface area contributed by atoms with E-state index in [0.717, 1.165) is 22.8 Å². The summed E-state index contributed by atoms with van der Waals surface area (Å²) in [5.41, 5.74) is 0. The molecular formula is C11H21IO. The Hall–Kier alpha value is 0.430. The lowest BCUT2D eigenvalue weighted by molar-refractivity contribution is 0.209. The summed E-state index contributed by atoms with van der Waals surface area (Å²) in [5, 5.41) is 9.60. The molecule has 0 saturated heterocycles. The van der Waals surface area contributed by atoms with Gasteiger partial charge in [0, 0.05) is 3.58 Å². The molecule has 0 heterocycles. The van der Waals surface area contributed by atoms with Gasteiger partial charge in [-0.2, -0.15) is 0 Å². The molecule has 0 amide bonds. The summed E-state index contributed by atoms with van der Waals surface area (Å²) in [7, 11) is 0. The van der Waals surface area contributed by atoms with Crippen molar-refractivity contribution in [3.63, 3.8) is 0 Å². The van der Waals surface area contributed by atoms with Crippen LogP contribution in [0.25, 0.3) is 0 Å². The molecule has 0 saturated carbocycles. The molecule has 1 nitrogen and oxygen atoms in total. The normalized spacial score (nSPS) is 14.6. The summed E-state index contributed by atoms with van der Waals surface area (Å²) in [6, 6.07) is 0. The predicted molar refractivity (Wildman–Crippen MR) is 67.2 cm³/mol. The van der Waals surface area contributed by atoms with Gasteiger partial charge in [0.2, 0.25) is 0 Å². The van der Waals surface area contributed by atoms with Crippen LogP contribution in [0.2, 0.25) is 0 Å². The third-order valence-corrected chi connectivity index (χ3v) is 3.19. The molecular weight excluding hydrogens is 275 g/mol. The van der Waals surface area contributed by atoms with E-state index >= 15 is 0 Å². The standard InChI is InChI=1S/C11H21IO/c1-3-5-6-7-9-10(12)11(13)8-4-2/h9,11,13H,3-8H2,1-2H3. The Kier molecular flexibility index (Phi) is 9.30. The molecule has 0 fully saturated rings. The molecule has 0 aromatic rings. The zero-order chi connectivity index (χ0) is 10.1. The van der Waals surface area contributed by atoms with Gasteiger partial charge in [0.25, 0.3) is 0 Å². The average molecular weight is 296 g/mol. The van der Waals surface area contributed by atoms with E-state index in [1.165, 1.54) is 19.3 Å². The Balaban J connectivity index is 3.60. The van der Waals surface area contributed by atoms with Crippen LogP contribution in [0.1, 0.15) is 52.4 Å². The highest BCUT2D eigenvalue weighted by Gasteiger charge is 2.04. The monoisotopic (exact) mass is 296 g/mol. The van der Waals surface area contributed by atoms with Gasteiger partial charge < -0.3 is 5.11 Å². The lowest BCUT2D eigenvalue weighted by Gasteiger charge is -2.07. The quantitative estimate of drug-likeness (QED) is 0.555. The van der Waals surface area contributed by atoms with E-state index in [4.69, 9.17) is 0 Å². The number of rotatable bonds is 7. The number of unbranched alkanes of at least 4 members (excludes halogenated alkanes) is 3. The van der Waals surface area contributed by atoms with Crippen molar-refractivity contribution < 1.29 is 5.11 Å². The molecule has 0 aliphatic rings. The molecule has 0 spiro atoms. The molecule has 0 radical (unpaired) electrons. The largest absolute Gasteiger partial charge is 0.388 e. The van der Waals surface area contributed by atoms with Crippen LogP contribution in [0.3, 0.4) is 0 Å². The molecule has 1 unspecified atom stereocenters. The van der Waals surface area contributed by atoms with Crippen LogP contribution in [0.5, 0.6) is 0 Å². The van der Waals surface area contributed by atoms with Crippen molar-refractivity contribution in [2.75, 3.05) is 0 Å². The van der Waals surface area contributed by atoms with Crippen molar-refractivity contribution in [1.82, 2.24) is 0 Å². The van der Waals surface area contributed by atoms with Crippen LogP contribution in [0.15, 0.2) is 9.66 Å². The maximum absolute atomic E-state index is 9.60. The fraction of sp³-hybridized carbons (Fsp3) is 0.818. The van der Waals surface area contributed by atoms with Gasteiger partial charge in [-0.25, -0.2) is 0 Å². The number of halogens is 1. The topological polar surface area (TPSA) is 20.2 Å². The lowest BCUT2D eigenvalue weighted by atomic mass is 10.1. The minimum atomic E-state index is -0.216. The third-order valence-electron chi connectivity index (χ3n) is 2.03. The zero-order valence-corrected chi connectivity index (χ0v) is 10.9. The highest BCUT2D eigenvalue weighted by molar-refractivity contribution is 14.1. The van der Waals surface area contributed by atoms with E-state index in [9.17, 15) is 5.11 Å². The maximum Gasteiger partial charge on any atom is 0.0843 e. The summed E-state index contributed by atoms with van der Waals surface area (Å²) < 4.78 is 1.12. The minimum absolute atomic E-state index is 0.216. The third kappa shape index (κ3) is 7.50. The molecule has 0 rings (SSSR count). The maximum atomic E-state index is 9.60. The SMILES string of the molecule is CCCCCC=C(I)C(O)CCC. The summed E-state index contributed by atoms with van der Waals surface area (Å²) in [4.78, 5) is 0. The number of hydrogen-bond donors (Lipinski definition) is 1. The van der Waals surface area contributed by atoms with Gasteiger partial charge >= 0.3 is 0 Å². The first-order valence-electron chi connectivity index (χ1n) is 5.26. The van der Waals surface area contributed by atoms with Crippen LogP contribution < -0.4 is 0 Å². The Morgan fingerprint density at radius 2 is 2.00 bits per heavy atom. The Bertz CT molecular complexity index is 143. The fourth-order valence-electron chi connectivity index (χ4n) is 1.18. The van der Waals surface area contributed by atoms with E-state index in [1.807, 2.05) is 0 Å². The van der Waals surface area contributed by atoms with Crippen molar-refractivity contribution in [3.8, 4) is 0 Å². The van der Waals surface area contributed by atoms with Crippen LogP contribution >= 0.6 is 22.6 Å². The Labute approximate surface area is 95.8 Å². The zero-order valence-electron chi connectivity index (χ0n) is 8.72. The summed E-state index contributed by atoms with van der Waals surface area (Å²) in [6.07, 6.45) is 8.84. The second-order valence-corrected chi connectivity index (χ2v) is 4.63. The summed E-state index contributed by atoms with van der Waals surface area (Å²) in [6.45, 7) is 4.31. The number of hydrogen-bond acceptors (Lipinski definition) is 1. The van der Waals surface area contributed by atoms with Gasteiger partial charge in [-0.3, -0.25) is 0 Å². The summed E-state index contributed by atoms with van der Waals surface area (Å²) >= 11 is 2.25. The summed E-state index contributed by atoms with van der Waals surface area (Å²) in [5.74, 6) is 0. The van der Waals surface area contributed by atoms with E-state index in [-0.39, 0.29) is 6.10 Å². The van der Waals surface area contributed by atoms with Gasteiger partial charge in [-0.1, -0.05) is 39.2 Å². The van der Waals surface area contributed by atoms with Gasteiger partial charge in [-0.15, -0.1) is 0 Å². The smallest absolute Gasteiger partial charge is 0.0843 e. The Morgan fingerprint density at radius 3 is 2.54 bits per heavy atom. The van der Waals surface area contributed by atoms with Crippen LogP contribution in [0, 0.1) is 0 Å². The van der Waals surface area contributed by atoms with Gasteiger partial charge in [-0.05, 0) is 41.9 Å². The fourth-order valence-corrected chi connectivity index (χ4v) is 1.80. The van der Waals surface area contributed by atoms with Crippen molar-refractivity contribution >= 4 is 22.6 Å². The number of aliphatic hydroxyl groups is 1. The molecule has 1 N–H and O–H groups in total. The van der Waals surface area contributed by atoms with Gasteiger partial charge in [0.1, 0.15) is 0 Å². The predicted octanol–water partition coefficient (Wildman–Crippen LogP) is 4.05. The molecule has 2 heteroatoms. The first kappa shape index (κ1) is 13.4. The van der Waals surface area contributed by atoms with E-state index in [1.54, 1.807) is 0 Å². The van der Waals surface area contributed by atoms with Crippen LogP contribution in [-0.2, 0) is 0 Å². The second-order valence-electron chi connectivity index (χ2n) is 3.39. The molecule has 0 aliphatic carbocycles. The number of aliphatic hydroxyl groups excluding tert-OH is 1. The van der Waals surface area contributed by atoms with E-state index in [0.29, 0.717) is 0 Å². The molecule has 0 bridgehead atoms. The van der Waals surface area contributed by atoms with Crippen molar-refractivity contribution in [2.45, 2.75) is 58.5 Å². The van der Waals surface area contributed by atoms with Crippen LogP contribution in [-0.4, -0.2) is 11.2 Å². The first-order valence-corrected chi connectivity index (χ1v) is 6.33. The first-order chi connectivity index (χ1) is 6.22. The lowest BCUT2D eigenvalue weighted by Crippen LogP contribution is -2.04. The molecule has 1 atom stereocenters. The van der Waals surface area contributed by atoms with Gasteiger partial charge in [0.15, 0.2) is 0 Å². The molecule has 0 aliphatic heterocycles. The molecule has 0 aromatic carbocycles.